The molecule has 0 radical (unpaired) electrons. The lowest BCUT2D eigenvalue weighted by Crippen LogP contribution is -2.47. The first-order valence-corrected chi connectivity index (χ1v) is 8.85. The number of aromatic nitrogens is 1. The van der Waals surface area contributed by atoms with Crippen molar-refractivity contribution in [2.75, 3.05) is 13.1 Å². The van der Waals surface area contributed by atoms with E-state index < -0.39 is 0 Å². The summed E-state index contributed by atoms with van der Waals surface area (Å²) in [5, 5.41) is 3.55. The van der Waals surface area contributed by atoms with Gasteiger partial charge in [-0.1, -0.05) is 30.3 Å². The maximum Gasteiger partial charge on any atom is 0.222 e. The minimum Gasteiger partial charge on any atom is -0.341 e. The minimum absolute atomic E-state index is 0.135. The molecule has 1 aliphatic rings. The summed E-state index contributed by atoms with van der Waals surface area (Å²) >= 11 is 0. The van der Waals surface area contributed by atoms with E-state index in [0.29, 0.717) is 18.9 Å². The number of halogens is 1. The Morgan fingerprint density at radius 1 is 1.24 bits per heavy atom. The van der Waals surface area contributed by atoms with Gasteiger partial charge in [0.2, 0.25) is 5.91 Å². The summed E-state index contributed by atoms with van der Waals surface area (Å²) in [5.41, 5.74) is 2.02. The zero-order valence-corrected chi connectivity index (χ0v) is 14.3. The molecule has 2 heterocycles. The largest absolute Gasteiger partial charge is 0.341 e. The molecule has 132 valence electrons. The third-order valence-electron chi connectivity index (χ3n) is 4.60. The number of carbonyl (C=O) groups excluding carboxylic acids is 1. The summed E-state index contributed by atoms with van der Waals surface area (Å²) < 4.78 is 13.2. The molecule has 0 saturated carbocycles. The number of amides is 1. The van der Waals surface area contributed by atoms with E-state index in [0.717, 1.165) is 38.0 Å². The molecule has 1 N–H and O–H groups in total. The normalized spacial score (nSPS) is 17.5. The van der Waals surface area contributed by atoms with Crippen molar-refractivity contribution in [3.63, 3.8) is 0 Å². The Balaban J connectivity index is 1.46. The Bertz CT molecular complexity index is 692. The fraction of sp³-hybridized carbons (Fsp3) is 0.400. The van der Waals surface area contributed by atoms with Crippen molar-refractivity contribution in [3.8, 4) is 0 Å². The molecule has 1 aromatic heterocycles. The van der Waals surface area contributed by atoms with E-state index in [1.54, 1.807) is 6.20 Å². The molecular weight excluding hydrogens is 317 g/mol. The van der Waals surface area contributed by atoms with Gasteiger partial charge in [-0.15, -0.1) is 0 Å². The van der Waals surface area contributed by atoms with Gasteiger partial charge < -0.3 is 10.2 Å². The van der Waals surface area contributed by atoms with Gasteiger partial charge in [0.25, 0.3) is 0 Å². The van der Waals surface area contributed by atoms with E-state index in [9.17, 15) is 9.18 Å². The molecule has 5 heteroatoms. The number of rotatable bonds is 6. The minimum atomic E-state index is -0.354. The SMILES string of the molecule is O=C(CCc1cncc(F)c1)N1CCCC(NCc2ccccc2)C1. The van der Waals surface area contributed by atoms with Crippen LogP contribution in [-0.2, 0) is 17.8 Å². The molecule has 3 rings (SSSR count). The van der Waals surface area contributed by atoms with Gasteiger partial charge >= 0.3 is 0 Å². The highest BCUT2D eigenvalue weighted by atomic mass is 19.1. The van der Waals surface area contributed by atoms with Gasteiger partial charge in [0.15, 0.2) is 0 Å². The predicted octanol–water partition coefficient (Wildman–Crippen LogP) is 2.93. The smallest absolute Gasteiger partial charge is 0.222 e. The molecule has 1 unspecified atom stereocenters. The second-order valence-corrected chi connectivity index (χ2v) is 6.56. The van der Waals surface area contributed by atoms with Gasteiger partial charge in [-0.2, -0.15) is 0 Å². The summed E-state index contributed by atoms with van der Waals surface area (Å²) in [5.74, 6) is -0.219. The quantitative estimate of drug-likeness (QED) is 0.879. The summed E-state index contributed by atoms with van der Waals surface area (Å²) in [4.78, 5) is 18.2. The van der Waals surface area contributed by atoms with Crippen LogP contribution in [0.4, 0.5) is 4.39 Å². The standard InChI is InChI=1S/C20H24FN3O/c21-18-11-17(12-22-14-18)8-9-20(25)24-10-4-7-19(15-24)23-13-16-5-2-1-3-6-16/h1-3,5-6,11-12,14,19,23H,4,7-10,13,15H2. The van der Waals surface area contributed by atoms with Crippen LogP contribution in [0.25, 0.3) is 0 Å². The van der Waals surface area contributed by atoms with Crippen LogP contribution in [0.2, 0.25) is 0 Å². The number of carbonyl (C=O) groups is 1. The molecule has 1 saturated heterocycles. The molecule has 1 atom stereocenters. The number of benzene rings is 1. The molecule has 0 aliphatic carbocycles. The Hall–Kier alpha value is -2.27. The lowest BCUT2D eigenvalue weighted by Gasteiger charge is -2.33. The molecular formula is C20H24FN3O. The Kier molecular flexibility index (Phi) is 6.12. The van der Waals surface area contributed by atoms with Gasteiger partial charge in [0.1, 0.15) is 5.82 Å². The monoisotopic (exact) mass is 341 g/mol. The second kappa shape index (κ2) is 8.72. The van der Waals surface area contributed by atoms with Crippen molar-refractivity contribution < 1.29 is 9.18 Å². The molecule has 0 bridgehead atoms. The Labute approximate surface area is 148 Å². The first-order chi connectivity index (χ1) is 12.2. The number of piperidine rings is 1. The number of nitrogens with one attached hydrogen (secondary N) is 1. The number of nitrogens with zero attached hydrogens (tertiary/aromatic N) is 2. The number of hydrogen-bond acceptors (Lipinski definition) is 3. The van der Waals surface area contributed by atoms with E-state index in [-0.39, 0.29) is 11.7 Å². The average molecular weight is 341 g/mol. The highest BCUT2D eigenvalue weighted by Crippen LogP contribution is 2.14. The Morgan fingerprint density at radius 3 is 2.88 bits per heavy atom. The zero-order valence-electron chi connectivity index (χ0n) is 14.3. The first-order valence-electron chi connectivity index (χ1n) is 8.85. The van der Waals surface area contributed by atoms with Crippen LogP contribution < -0.4 is 5.32 Å². The van der Waals surface area contributed by atoms with Crippen LogP contribution in [0.5, 0.6) is 0 Å². The van der Waals surface area contributed by atoms with E-state index in [1.165, 1.54) is 17.8 Å². The van der Waals surface area contributed by atoms with Crippen molar-refractivity contribution in [3.05, 3.63) is 65.7 Å². The van der Waals surface area contributed by atoms with Gasteiger partial charge in [-0.3, -0.25) is 9.78 Å². The molecule has 25 heavy (non-hydrogen) atoms. The third-order valence-corrected chi connectivity index (χ3v) is 4.60. The van der Waals surface area contributed by atoms with Crippen molar-refractivity contribution in [1.82, 2.24) is 15.2 Å². The lowest BCUT2D eigenvalue weighted by molar-refractivity contribution is -0.132. The van der Waals surface area contributed by atoms with E-state index in [2.05, 4.69) is 22.4 Å². The molecule has 1 amide bonds. The van der Waals surface area contributed by atoms with Crippen molar-refractivity contribution in [2.24, 2.45) is 0 Å². The topological polar surface area (TPSA) is 45.2 Å². The summed E-state index contributed by atoms with van der Waals surface area (Å²) in [6.07, 6.45) is 5.83. The molecule has 1 aliphatic heterocycles. The highest BCUT2D eigenvalue weighted by molar-refractivity contribution is 5.76. The molecule has 1 fully saturated rings. The fourth-order valence-corrected chi connectivity index (χ4v) is 3.23. The Morgan fingerprint density at radius 2 is 2.08 bits per heavy atom. The molecule has 1 aromatic carbocycles. The fourth-order valence-electron chi connectivity index (χ4n) is 3.23. The molecule has 4 nitrogen and oxygen atoms in total. The van der Waals surface area contributed by atoms with E-state index in [1.807, 2.05) is 23.1 Å². The van der Waals surface area contributed by atoms with E-state index in [4.69, 9.17) is 0 Å². The van der Waals surface area contributed by atoms with Crippen molar-refractivity contribution in [2.45, 2.75) is 38.3 Å². The van der Waals surface area contributed by atoms with Crippen molar-refractivity contribution in [1.29, 1.82) is 0 Å². The highest BCUT2D eigenvalue weighted by Gasteiger charge is 2.23. The number of hydrogen-bond donors (Lipinski definition) is 1. The average Bonchev–Trinajstić information content (AvgIpc) is 2.65. The zero-order chi connectivity index (χ0) is 17.5. The lowest BCUT2D eigenvalue weighted by atomic mass is 10.0. The van der Waals surface area contributed by atoms with Crippen LogP contribution in [0, 0.1) is 5.82 Å². The van der Waals surface area contributed by atoms with Crippen molar-refractivity contribution >= 4 is 5.91 Å². The van der Waals surface area contributed by atoms with Gasteiger partial charge in [0.05, 0.1) is 6.20 Å². The predicted molar refractivity (Wildman–Crippen MR) is 95.4 cm³/mol. The molecule has 0 spiro atoms. The second-order valence-electron chi connectivity index (χ2n) is 6.56. The third kappa shape index (κ3) is 5.36. The number of likely N-dealkylation sites (tertiary alicyclic amines) is 1. The summed E-state index contributed by atoms with van der Waals surface area (Å²) in [7, 11) is 0. The summed E-state index contributed by atoms with van der Waals surface area (Å²) in [6.45, 7) is 2.37. The van der Waals surface area contributed by atoms with Crippen LogP contribution in [0.15, 0.2) is 48.8 Å². The first kappa shape index (κ1) is 17.5. The summed E-state index contributed by atoms with van der Waals surface area (Å²) in [6, 6.07) is 12.1. The number of pyridine rings is 1. The van der Waals surface area contributed by atoms with Gasteiger partial charge in [-0.25, -0.2) is 4.39 Å². The maximum atomic E-state index is 13.2. The maximum absolute atomic E-state index is 13.2. The number of aryl methyl sites for hydroxylation is 1. The van der Waals surface area contributed by atoms with Gasteiger partial charge in [-0.05, 0) is 36.5 Å². The van der Waals surface area contributed by atoms with Crippen LogP contribution in [-0.4, -0.2) is 34.9 Å². The van der Waals surface area contributed by atoms with E-state index >= 15 is 0 Å². The van der Waals surface area contributed by atoms with Crippen LogP contribution in [0.3, 0.4) is 0 Å². The van der Waals surface area contributed by atoms with Crippen LogP contribution in [0.1, 0.15) is 30.4 Å². The van der Waals surface area contributed by atoms with Gasteiger partial charge in [0, 0.05) is 38.3 Å². The molecule has 2 aromatic rings. The van der Waals surface area contributed by atoms with Crippen LogP contribution >= 0.6 is 0 Å².